The monoisotopic (exact) mass is 313 g/mol. The largest absolute Gasteiger partial charge is 0.321 e. The molecule has 3 heterocycles. The Labute approximate surface area is 133 Å². The molecule has 0 spiro atoms. The molecule has 0 aliphatic rings. The molecule has 0 aliphatic carbocycles. The number of amides is 1. The summed E-state index contributed by atoms with van der Waals surface area (Å²) in [6, 6.07) is 0. The van der Waals surface area contributed by atoms with Crippen molar-refractivity contribution in [2.45, 2.75) is 34.1 Å². The number of rotatable bonds is 4. The fraction of sp³-hybridized carbons (Fsp3) is 0.400. The lowest BCUT2D eigenvalue weighted by Gasteiger charge is -2.06. The summed E-state index contributed by atoms with van der Waals surface area (Å²) >= 11 is 0. The van der Waals surface area contributed by atoms with E-state index in [1.54, 1.807) is 6.20 Å². The number of hydrogen-bond acceptors (Lipinski definition) is 5. The number of H-pyrrole nitrogens is 1. The summed E-state index contributed by atoms with van der Waals surface area (Å²) in [5.41, 5.74) is 3.76. The molecule has 0 fully saturated rings. The fourth-order valence-corrected chi connectivity index (χ4v) is 2.37. The zero-order valence-corrected chi connectivity index (χ0v) is 13.6. The quantitative estimate of drug-likeness (QED) is 0.767. The Hall–Kier alpha value is -2.77. The SMILES string of the molecule is CCc1c(C)ncc2[nH]c(-n3ncnc3NC(=O)C(C)C)nc12. The normalized spacial score (nSPS) is 11.3. The number of nitrogens with zero attached hydrogens (tertiary/aromatic N) is 5. The Kier molecular flexibility index (Phi) is 3.81. The summed E-state index contributed by atoms with van der Waals surface area (Å²) in [6.07, 6.45) is 3.98. The van der Waals surface area contributed by atoms with Crippen LogP contribution in [0, 0.1) is 12.8 Å². The minimum atomic E-state index is -0.144. The number of carbonyl (C=O) groups excluding carboxylic acids is 1. The number of anilines is 1. The summed E-state index contributed by atoms with van der Waals surface area (Å²) in [6.45, 7) is 7.68. The van der Waals surface area contributed by atoms with Gasteiger partial charge in [0.15, 0.2) is 0 Å². The highest BCUT2D eigenvalue weighted by molar-refractivity contribution is 5.90. The molecule has 0 radical (unpaired) electrons. The van der Waals surface area contributed by atoms with Crippen LogP contribution >= 0.6 is 0 Å². The highest BCUT2D eigenvalue weighted by atomic mass is 16.2. The van der Waals surface area contributed by atoms with Gasteiger partial charge in [0.1, 0.15) is 6.33 Å². The molecule has 8 heteroatoms. The van der Waals surface area contributed by atoms with Gasteiger partial charge in [-0.1, -0.05) is 20.8 Å². The van der Waals surface area contributed by atoms with E-state index < -0.39 is 0 Å². The van der Waals surface area contributed by atoms with E-state index in [1.165, 1.54) is 11.0 Å². The molecule has 0 aliphatic heterocycles. The highest BCUT2D eigenvalue weighted by Gasteiger charge is 2.16. The van der Waals surface area contributed by atoms with Crippen LogP contribution in [-0.4, -0.2) is 35.6 Å². The average Bonchev–Trinajstić information content (AvgIpc) is 3.13. The van der Waals surface area contributed by atoms with Gasteiger partial charge in [-0.05, 0) is 13.3 Å². The van der Waals surface area contributed by atoms with E-state index in [0.29, 0.717) is 11.9 Å². The molecule has 2 N–H and O–H groups in total. The van der Waals surface area contributed by atoms with Crippen molar-refractivity contribution in [3.05, 3.63) is 23.8 Å². The van der Waals surface area contributed by atoms with Gasteiger partial charge in [0.25, 0.3) is 0 Å². The van der Waals surface area contributed by atoms with Crippen LogP contribution in [-0.2, 0) is 11.2 Å². The molecule has 0 saturated carbocycles. The lowest BCUT2D eigenvalue weighted by atomic mass is 10.1. The molecule has 0 bridgehead atoms. The number of carbonyl (C=O) groups is 1. The van der Waals surface area contributed by atoms with Crippen LogP contribution in [0.4, 0.5) is 5.95 Å². The zero-order valence-electron chi connectivity index (χ0n) is 13.6. The predicted molar refractivity (Wildman–Crippen MR) is 86.4 cm³/mol. The van der Waals surface area contributed by atoms with Crippen molar-refractivity contribution in [2.75, 3.05) is 5.32 Å². The fourth-order valence-electron chi connectivity index (χ4n) is 2.37. The van der Waals surface area contributed by atoms with E-state index in [9.17, 15) is 4.79 Å². The summed E-state index contributed by atoms with van der Waals surface area (Å²) in [5.74, 6) is 0.570. The third-order valence-electron chi connectivity index (χ3n) is 3.69. The maximum absolute atomic E-state index is 11.9. The number of fused-ring (bicyclic) bond motifs is 1. The van der Waals surface area contributed by atoms with Gasteiger partial charge in [-0.2, -0.15) is 14.8 Å². The molecule has 0 atom stereocenters. The summed E-state index contributed by atoms with van der Waals surface area (Å²) in [7, 11) is 0. The van der Waals surface area contributed by atoms with Crippen molar-refractivity contribution in [1.29, 1.82) is 0 Å². The van der Waals surface area contributed by atoms with Crippen molar-refractivity contribution in [2.24, 2.45) is 5.92 Å². The topological polar surface area (TPSA) is 101 Å². The first-order valence-electron chi connectivity index (χ1n) is 7.56. The first-order chi connectivity index (χ1) is 11.0. The van der Waals surface area contributed by atoms with Crippen LogP contribution in [0.3, 0.4) is 0 Å². The van der Waals surface area contributed by atoms with Crippen LogP contribution in [0.25, 0.3) is 17.0 Å². The maximum Gasteiger partial charge on any atom is 0.235 e. The molecule has 1 amide bonds. The van der Waals surface area contributed by atoms with Crippen molar-refractivity contribution < 1.29 is 4.79 Å². The Morgan fingerprint density at radius 3 is 2.87 bits per heavy atom. The van der Waals surface area contributed by atoms with Crippen molar-refractivity contribution in [3.63, 3.8) is 0 Å². The molecule has 3 rings (SSSR count). The van der Waals surface area contributed by atoms with Crippen LogP contribution in [0.5, 0.6) is 0 Å². The lowest BCUT2D eigenvalue weighted by Crippen LogP contribution is -2.20. The summed E-state index contributed by atoms with van der Waals surface area (Å²) < 4.78 is 1.48. The van der Waals surface area contributed by atoms with Crippen molar-refractivity contribution in [3.8, 4) is 5.95 Å². The zero-order chi connectivity index (χ0) is 16.6. The minimum absolute atomic E-state index is 0.123. The Morgan fingerprint density at radius 2 is 2.17 bits per heavy atom. The molecule has 0 unspecified atom stereocenters. The number of imidazole rings is 1. The van der Waals surface area contributed by atoms with Crippen LogP contribution < -0.4 is 5.32 Å². The number of aromatic amines is 1. The second-order valence-electron chi connectivity index (χ2n) is 5.64. The van der Waals surface area contributed by atoms with E-state index in [2.05, 4.69) is 37.3 Å². The lowest BCUT2D eigenvalue weighted by molar-refractivity contribution is -0.118. The van der Waals surface area contributed by atoms with Gasteiger partial charge in [-0.15, -0.1) is 0 Å². The summed E-state index contributed by atoms with van der Waals surface area (Å²) in [5, 5.41) is 6.90. The Balaban J connectivity index is 2.05. The molecular weight excluding hydrogens is 294 g/mol. The van der Waals surface area contributed by atoms with Gasteiger partial charge in [0.05, 0.1) is 17.2 Å². The molecule has 8 nitrogen and oxygen atoms in total. The second-order valence-corrected chi connectivity index (χ2v) is 5.64. The first-order valence-corrected chi connectivity index (χ1v) is 7.56. The smallest absolute Gasteiger partial charge is 0.235 e. The van der Waals surface area contributed by atoms with Crippen LogP contribution in [0.2, 0.25) is 0 Å². The Morgan fingerprint density at radius 1 is 1.39 bits per heavy atom. The first kappa shape index (κ1) is 15.1. The van der Waals surface area contributed by atoms with Gasteiger partial charge < -0.3 is 4.98 Å². The molecule has 3 aromatic heterocycles. The van der Waals surface area contributed by atoms with Gasteiger partial charge in [-0.25, -0.2) is 4.98 Å². The molecule has 0 aromatic carbocycles. The van der Waals surface area contributed by atoms with E-state index in [4.69, 9.17) is 0 Å². The van der Waals surface area contributed by atoms with Crippen molar-refractivity contribution >= 4 is 22.9 Å². The number of aromatic nitrogens is 6. The van der Waals surface area contributed by atoms with Gasteiger partial charge >= 0.3 is 0 Å². The van der Waals surface area contributed by atoms with Gasteiger partial charge in [0.2, 0.25) is 17.8 Å². The standard InChI is InChI=1S/C15H19N7O/c1-5-10-9(4)16-6-11-12(10)20-15(19-11)22-14(17-7-18-22)21-13(23)8(2)3/h6-8H,5H2,1-4H3,(H,19,20)(H,17,18,21,23). The van der Waals surface area contributed by atoms with E-state index in [1.807, 2.05) is 20.8 Å². The average molecular weight is 313 g/mol. The summed E-state index contributed by atoms with van der Waals surface area (Å²) in [4.78, 5) is 28.1. The highest BCUT2D eigenvalue weighted by Crippen LogP contribution is 2.21. The van der Waals surface area contributed by atoms with Crippen LogP contribution in [0.15, 0.2) is 12.5 Å². The predicted octanol–water partition coefficient (Wildman–Crippen LogP) is 2.00. The maximum atomic E-state index is 11.9. The third-order valence-corrected chi connectivity index (χ3v) is 3.69. The number of nitrogens with one attached hydrogen (secondary N) is 2. The number of hydrogen-bond donors (Lipinski definition) is 2. The van der Waals surface area contributed by atoms with Gasteiger partial charge in [0, 0.05) is 17.2 Å². The molecule has 120 valence electrons. The minimum Gasteiger partial charge on any atom is -0.321 e. The van der Waals surface area contributed by atoms with Gasteiger partial charge in [-0.3, -0.25) is 15.1 Å². The van der Waals surface area contributed by atoms with E-state index in [0.717, 1.165) is 28.7 Å². The molecule has 3 aromatic rings. The number of pyridine rings is 1. The Bertz CT molecular complexity index is 862. The molecule has 23 heavy (non-hydrogen) atoms. The second kappa shape index (κ2) is 5.79. The third kappa shape index (κ3) is 2.67. The van der Waals surface area contributed by atoms with E-state index in [-0.39, 0.29) is 11.8 Å². The molecule has 0 saturated heterocycles. The van der Waals surface area contributed by atoms with Crippen LogP contribution in [0.1, 0.15) is 32.0 Å². The number of aryl methyl sites for hydroxylation is 2. The van der Waals surface area contributed by atoms with Crippen molar-refractivity contribution in [1.82, 2.24) is 29.7 Å². The molecular formula is C15H19N7O. The van der Waals surface area contributed by atoms with E-state index >= 15 is 0 Å².